The van der Waals surface area contributed by atoms with Crippen molar-refractivity contribution in [1.29, 1.82) is 0 Å². The summed E-state index contributed by atoms with van der Waals surface area (Å²) in [5, 5.41) is 8.60. The van der Waals surface area contributed by atoms with Gasteiger partial charge < -0.3 is 15.2 Å². The van der Waals surface area contributed by atoms with Crippen molar-refractivity contribution in [3.05, 3.63) is 17.5 Å². The first-order chi connectivity index (χ1) is 16.4. The third-order valence-electron chi connectivity index (χ3n) is 6.71. The fraction of sp³-hybridized carbons (Fsp3) is 0.650. The molecule has 3 atom stereocenters. The maximum Gasteiger partial charge on any atom is 0.452 e. The molecule has 35 heavy (non-hydrogen) atoms. The average molecular weight is 524 g/mol. The lowest BCUT2D eigenvalue weighted by Gasteiger charge is -2.63. The Labute approximate surface area is 201 Å². The fourth-order valence-electron chi connectivity index (χ4n) is 4.86. The Balaban J connectivity index is 1.48. The second kappa shape index (κ2) is 9.28. The largest absolute Gasteiger partial charge is 0.452 e. The molecule has 2 bridgehead atoms. The molecule has 1 saturated heterocycles. The molecule has 10 nitrogen and oxygen atoms in total. The van der Waals surface area contributed by atoms with Crippen LogP contribution in [0.15, 0.2) is 10.6 Å². The molecule has 0 spiro atoms. The van der Waals surface area contributed by atoms with Gasteiger partial charge in [0.05, 0.1) is 12.5 Å². The Hall–Kier alpha value is -2.90. The number of hydrogen-bond acceptors (Lipinski definition) is 6. The maximum absolute atomic E-state index is 13.6. The number of alkyl halides is 5. The normalized spacial score (nSPS) is 26.6. The van der Waals surface area contributed by atoms with Crippen LogP contribution < -0.4 is 16.1 Å². The summed E-state index contributed by atoms with van der Waals surface area (Å²) >= 11 is 5.27. The quantitative estimate of drug-likeness (QED) is 0.269. The molecule has 3 aliphatic carbocycles. The monoisotopic (exact) mass is 523 g/mol. The van der Waals surface area contributed by atoms with E-state index in [0.29, 0.717) is 30.0 Å². The maximum atomic E-state index is 13.6. The molecule has 0 aromatic carbocycles. The van der Waals surface area contributed by atoms with Crippen molar-refractivity contribution in [2.75, 3.05) is 13.1 Å². The molecule has 0 radical (unpaired) electrons. The topological polar surface area (TPSA) is 134 Å². The Morgan fingerprint density at radius 1 is 1.31 bits per heavy atom. The number of amides is 4. The first-order valence-corrected chi connectivity index (χ1v) is 11.3. The van der Waals surface area contributed by atoms with E-state index in [1.807, 2.05) is 0 Å². The second-order valence-corrected chi connectivity index (χ2v) is 9.67. The summed E-state index contributed by atoms with van der Waals surface area (Å²) in [4.78, 5) is 49.8. The van der Waals surface area contributed by atoms with E-state index in [9.17, 15) is 36.7 Å². The van der Waals surface area contributed by atoms with E-state index in [1.165, 1.54) is 0 Å². The van der Waals surface area contributed by atoms with Crippen LogP contribution in [0.1, 0.15) is 48.4 Å². The molecule has 1 aromatic rings. The molecule has 192 valence electrons. The third-order valence-corrected chi connectivity index (χ3v) is 6.90. The van der Waals surface area contributed by atoms with Gasteiger partial charge in [-0.25, -0.2) is 9.40 Å². The molecule has 0 unspecified atom stereocenters. The van der Waals surface area contributed by atoms with Crippen molar-refractivity contribution in [2.24, 2.45) is 17.3 Å². The first kappa shape index (κ1) is 25.2. The lowest BCUT2D eigenvalue weighted by Crippen LogP contribution is -2.60. The highest BCUT2D eigenvalue weighted by atomic mass is 35.5. The molecule has 4 amide bonds. The first-order valence-electron chi connectivity index (χ1n) is 10.9. The number of halogens is 5. The number of rotatable bonds is 8. The fourth-order valence-corrected chi connectivity index (χ4v) is 4.97. The Kier molecular flexibility index (Phi) is 6.68. The van der Waals surface area contributed by atoms with Gasteiger partial charge in [-0.2, -0.15) is 13.2 Å². The van der Waals surface area contributed by atoms with E-state index in [0.717, 1.165) is 19.3 Å². The third kappa shape index (κ3) is 5.36. The minimum absolute atomic E-state index is 0.150. The van der Waals surface area contributed by atoms with Crippen molar-refractivity contribution in [2.45, 2.75) is 50.0 Å². The summed E-state index contributed by atoms with van der Waals surface area (Å²) in [6, 6.07) is -0.878. The molecule has 3 N–H and O–H groups in total. The molecule has 4 aliphatic rings. The molecule has 15 heteroatoms. The summed E-state index contributed by atoms with van der Waals surface area (Å²) in [6.45, 7) is -0.00491. The predicted molar refractivity (Wildman–Crippen MR) is 109 cm³/mol. The number of nitrogens with one attached hydrogen (secondary N) is 3. The Bertz CT molecular complexity index is 1010. The van der Waals surface area contributed by atoms with Gasteiger partial charge >= 0.3 is 6.18 Å². The van der Waals surface area contributed by atoms with Gasteiger partial charge in [0.25, 0.3) is 23.4 Å². The standard InChI is InChI=1S/C20H22ClF4N5O5/c21-14(22)18(34)30(8-10-1-2-26-15(10)31)28-17(33)12(7-19-4-9(5-19)6-19)27-16(32)11-3-13(35-29-11)20(23,24)25/h3,9-10,12,14H,1-2,4-8H2,(H,26,31)(H,27,32)(H,28,33)/t9?,10-,12-,14-,19?/m0/s1. The molecular weight excluding hydrogens is 502 g/mol. The van der Waals surface area contributed by atoms with Crippen LogP contribution in [0, 0.1) is 17.3 Å². The van der Waals surface area contributed by atoms with Crippen LogP contribution in [0.4, 0.5) is 17.6 Å². The van der Waals surface area contributed by atoms with E-state index in [1.54, 1.807) is 0 Å². The van der Waals surface area contributed by atoms with Gasteiger partial charge in [-0.1, -0.05) is 16.8 Å². The SMILES string of the molecule is O=C(N[C@@H](CC12CC(C1)C2)C(=O)NN(C[C@@H]1CCNC1=O)C(=O)[C@H](F)Cl)c1cc(C(F)(F)F)on1. The Morgan fingerprint density at radius 3 is 2.49 bits per heavy atom. The van der Waals surface area contributed by atoms with Gasteiger partial charge in [0, 0.05) is 12.6 Å². The zero-order valence-electron chi connectivity index (χ0n) is 18.2. The van der Waals surface area contributed by atoms with Gasteiger partial charge in [0.1, 0.15) is 6.04 Å². The number of carbonyl (C=O) groups is 4. The van der Waals surface area contributed by atoms with Crippen LogP contribution in [-0.4, -0.2) is 58.6 Å². The van der Waals surface area contributed by atoms with Gasteiger partial charge in [0.2, 0.25) is 11.7 Å². The highest BCUT2D eigenvalue weighted by molar-refractivity contribution is 6.29. The molecule has 1 aromatic heterocycles. The highest BCUT2D eigenvalue weighted by Gasteiger charge is 2.57. The van der Waals surface area contributed by atoms with Crippen molar-refractivity contribution < 1.29 is 41.3 Å². The van der Waals surface area contributed by atoms with Crippen LogP contribution in [0.25, 0.3) is 0 Å². The number of carbonyl (C=O) groups excluding carboxylic acids is 4. The minimum Gasteiger partial charge on any atom is -0.356 e. The summed E-state index contributed by atoms with van der Waals surface area (Å²) in [6.07, 6.45) is -1.88. The molecule has 4 fully saturated rings. The summed E-state index contributed by atoms with van der Waals surface area (Å²) in [5.41, 5.74) is -1.18. The average Bonchev–Trinajstić information content (AvgIpc) is 3.37. The van der Waals surface area contributed by atoms with Crippen LogP contribution in [0.3, 0.4) is 0 Å². The summed E-state index contributed by atoms with van der Waals surface area (Å²) in [5.74, 6) is -5.35. The molecular formula is C20H22ClF4N5O5. The van der Waals surface area contributed by atoms with Gasteiger partial charge in [-0.05, 0) is 43.4 Å². The Morgan fingerprint density at radius 2 is 2.00 bits per heavy atom. The zero-order valence-corrected chi connectivity index (χ0v) is 18.9. The van der Waals surface area contributed by atoms with E-state index >= 15 is 0 Å². The minimum atomic E-state index is -4.86. The van der Waals surface area contributed by atoms with Crippen molar-refractivity contribution >= 4 is 35.2 Å². The van der Waals surface area contributed by atoms with E-state index in [4.69, 9.17) is 11.6 Å². The highest BCUT2D eigenvalue weighted by Crippen LogP contribution is 2.66. The van der Waals surface area contributed by atoms with Crippen molar-refractivity contribution in [1.82, 2.24) is 26.2 Å². The van der Waals surface area contributed by atoms with Crippen LogP contribution >= 0.6 is 11.6 Å². The molecule has 1 aliphatic heterocycles. The smallest absolute Gasteiger partial charge is 0.356 e. The van der Waals surface area contributed by atoms with E-state index in [-0.39, 0.29) is 24.3 Å². The van der Waals surface area contributed by atoms with Gasteiger partial charge in [0.15, 0.2) is 5.69 Å². The number of hydrazine groups is 1. The second-order valence-electron chi connectivity index (χ2n) is 9.28. The zero-order chi connectivity index (χ0) is 25.5. The number of hydrogen-bond donors (Lipinski definition) is 3. The van der Waals surface area contributed by atoms with Crippen LogP contribution in [-0.2, 0) is 20.6 Å². The van der Waals surface area contributed by atoms with Crippen molar-refractivity contribution in [3.8, 4) is 0 Å². The number of nitrogens with zero attached hydrogens (tertiary/aromatic N) is 2. The summed E-state index contributed by atoms with van der Waals surface area (Å²) in [7, 11) is 0. The number of aromatic nitrogens is 1. The van der Waals surface area contributed by atoms with Gasteiger partial charge in [-0.3, -0.25) is 24.6 Å². The lowest BCUT2D eigenvalue weighted by atomic mass is 9.43. The summed E-state index contributed by atoms with van der Waals surface area (Å²) < 4.78 is 56.1. The van der Waals surface area contributed by atoms with E-state index < -0.39 is 52.9 Å². The van der Waals surface area contributed by atoms with E-state index in [2.05, 4.69) is 25.7 Å². The van der Waals surface area contributed by atoms with Gasteiger partial charge in [-0.15, -0.1) is 0 Å². The molecule has 2 heterocycles. The van der Waals surface area contributed by atoms with Crippen molar-refractivity contribution in [3.63, 3.8) is 0 Å². The molecule has 5 rings (SSSR count). The lowest BCUT2D eigenvalue weighted by molar-refractivity contribution is -0.155. The molecule has 3 saturated carbocycles. The predicted octanol–water partition coefficient (Wildman–Crippen LogP) is 1.51. The van der Waals surface area contributed by atoms with Crippen LogP contribution in [0.5, 0.6) is 0 Å². The van der Waals surface area contributed by atoms with Crippen LogP contribution in [0.2, 0.25) is 0 Å².